The van der Waals surface area contributed by atoms with Crippen LogP contribution in [0.3, 0.4) is 0 Å². The molecule has 7 heteroatoms. The summed E-state index contributed by atoms with van der Waals surface area (Å²) in [5.74, 6) is -0.0528. The van der Waals surface area contributed by atoms with Crippen LogP contribution in [0.5, 0.6) is 0 Å². The number of alkyl halides is 3. The van der Waals surface area contributed by atoms with E-state index in [2.05, 4.69) is 36.7 Å². The van der Waals surface area contributed by atoms with Gasteiger partial charge in [-0.15, -0.1) is 13.2 Å². The van der Waals surface area contributed by atoms with Crippen molar-refractivity contribution >= 4 is 15.9 Å². The van der Waals surface area contributed by atoms with Gasteiger partial charge in [-0.2, -0.15) is 0 Å². The molecule has 1 heterocycles. The minimum absolute atomic E-state index is 0.0528. The Balaban J connectivity index is 2.55. The van der Waals surface area contributed by atoms with Gasteiger partial charge in [-0.1, -0.05) is 0 Å². The van der Waals surface area contributed by atoms with Gasteiger partial charge in [0, 0.05) is 12.3 Å². The van der Waals surface area contributed by atoms with E-state index in [9.17, 15) is 13.2 Å². The van der Waals surface area contributed by atoms with E-state index in [-0.39, 0.29) is 5.82 Å². The molecule has 0 bridgehead atoms. The quantitative estimate of drug-likeness (QED) is 0.760. The minimum Gasteiger partial charge on any atom is -0.284 e. The monoisotopic (exact) mass is 255 g/mol. The largest absolute Gasteiger partial charge is 0.522 e. The fourth-order valence-electron chi connectivity index (χ4n) is 0.550. The smallest absolute Gasteiger partial charge is 0.284 e. The van der Waals surface area contributed by atoms with Gasteiger partial charge in [0.2, 0.25) is 0 Å². The van der Waals surface area contributed by atoms with Crippen LogP contribution in [0.2, 0.25) is 0 Å². The maximum absolute atomic E-state index is 11.5. The third kappa shape index (κ3) is 4.18. The normalized spacial score (nSPS) is 11.7. The van der Waals surface area contributed by atoms with Crippen molar-refractivity contribution in [3.8, 4) is 0 Å². The van der Waals surface area contributed by atoms with Crippen LogP contribution in [-0.2, 0) is 11.3 Å². The molecule has 0 amide bonds. The van der Waals surface area contributed by atoms with Crippen molar-refractivity contribution in [2.75, 3.05) is 0 Å². The Hall–Kier alpha value is -0.690. The third-order valence-corrected chi connectivity index (χ3v) is 1.40. The summed E-state index contributed by atoms with van der Waals surface area (Å²) in [6.07, 6.45) is -3.44. The molecule has 0 unspecified atom stereocenters. The van der Waals surface area contributed by atoms with Gasteiger partial charge in [0.25, 0.3) is 0 Å². The van der Waals surface area contributed by atoms with Crippen molar-refractivity contribution in [1.82, 2.24) is 9.97 Å². The lowest BCUT2D eigenvalue weighted by Gasteiger charge is -2.05. The van der Waals surface area contributed by atoms with Gasteiger partial charge in [-0.25, -0.2) is 9.97 Å². The summed E-state index contributed by atoms with van der Waals surface area (Å²) in [6, 6.07) is 2.53. The van der Waals surface area contributed by atoms with Crippen LogP contribution < -0.4 is 0 Å². The zero-order valence-electron chi connectivity index (χ0n) is 6.10. The topological polar surface area (TPSA) is 35.0 Å². The highest BCUT2D eigenvalue weighted by Gasteiger charge is 2.29. The van der Waals surface area contributed by atoms with Crippen LogP contribution in [0, 0.1) is 6.07 Å². The summed E-state index contributed by atoms with van der Waals surface area (Å²) < 4.78 is 38.4. The predicted molar refractivity (Wildman–Crippen MR) is 39.4 cm³/mol. The van der Waals surface area contributed by atoms with E-state index in [4.69, 9.17) is 0 Å². The molecule has 3 nitrogen and oxygen atoms in total. The second-order valence-corrected chi connectivity index (χ2v) is 2.71. The van der Waals surface area contributed by atoms with Crippen LogP contribution in [0.25, 0.3) is 0 Å². The highest BCUT2D eigenvalue weighted by Crippen LogP contribution is 2.17. The van der Waals surface area contributed by atoms with E-state index in [0.29, 0.717) is 4.60 Å². The maximum atomic E-state index is 11.5. The highest BCUT2D eigenvalue weighted by atomic mass is 79.9. The van der Waals surface area contributed by atoms with Gasteiger partial charge in [-0.05, 0) is 15.9 Å². The van der Waals surface area contributed by atoms with E-state index in [0.717, 1.165) is 0 Å². The summed E-state index contributed by atoms with van der Waals surface area (Å²) in [4.78, 5) is 7.12. The molecule has 0 aromatic carbocycles. The Morgan fingerprint density at radius 2 is 2.23 bits per heavy atom. The van der Waals surface area contributed by atoms with Crippen LogP contribution >= 0.6 is 15.9 Å². The summed E-state index contributed by atoms with van der Waals surface area (Å²) in [7, 11) is 0. The average Bonchev–Trinajstić information content (AvgIpc) is 2.00. The second kappa shape index (κ2) is 4.01. The van der Waals surface area contributed by atoms with Crippen LogP contribution in [0.15, 0.2) is 10.8 Å². The average molecular weight is 256 g/mol. The van der Waals surface area contributed by atoms with Crippen molar-refractivity contribution in [3.05, 3.63) is 22.7 Å². The zero-order chi connectivity index (χ0) is 9.90. The molecule has 1 aromatic rings. The third-order valence-electron chi connectivity index (χ3n) is 0.989. The SMILES string of the molecule is FC(F)(F)OCc1nc[c]c(Br)n1. The first-order valence-corrected chi connectivity index (χ1v) is 3.86. The first kappa shape index (κ1) is 10.4. The molecule has 1 aromatic heterocycles. The van der Waals surface area contributed by atoms with Gasteiger partial charge in [0.05, 0.1) is 0 Å². The van der Waals surface area contributed by atoms with E-state index in [1.165, 1.54) is 6.20 Å². The molecule has 0 aliphatic heterocycles. The number of hydrogen-bond acceptors (Lipinski definition) is 3. The molecular weight excluding hydrogens is 253 g/mol. The highest BCUT2D eigenvalue weighted by molar-refractivity contribution is 9.10. The summed E-state index contributed by atoms with van der Waals surface area (Å²) in [6.45, 7) is -0.698. The molecule has 71 valence electrons. The molecule has 0 aliphatic carbocycles. The first-order chi connectivity index (χ1) is 5.97. The summed E-state index contributed by atoms with van der Waals surface area (Å²) in [5.41, 5.74) is 0. The number of halogens is 4. The fourth-order valence-corrected chi connectivity index (χ4v) is 0.857. The number of aromatic nitrogens is 2. The molecule has 0 fully saturated rings. The molecule has 0 spiro atoms. The van der Waals surface area contributed by atoms with Gasteiger partial charge in [0.15, 0.2) is 5.82 Å². The van der Waals surface area contributed by atoms with E-state index >= 15 is 0 Å². The van der Waals surface area contributed by atoms with Crippen LogP contribution in [-0.4, -0.2) is 16.3 Å². The Labute approximate surface area is 80.1 Å². The van der Waals surface area contributed by atoms with Crippen molar-refractivity contribution in [2.24, 2.45) is 0 Å². The molecule has 0 saturated carbocycles. The van der Waals surface area contributed by atoms with Gasteiger partial charge in [-0.3, -0.25) is 4.74 Å². The molecule has 0 saturated heterocycles. The van der Waals surface area contributed by atoms with Crippen LogP contribution in [0.4, 0.5) is 13.2 Å². The molecule has 0 N–H and O–H groups in total. The van der Waals surface area contributed by atoms with Gasteiger partial charge >= 0.3 is 6.36 Å². The number of rotatable bonds is 2. The lowest BCUT2D eigenvalue weighted by Crippen LogP contribution is -2.14. The number of nitrogens with zero attached hydrogens (tertiary/aromatic N) is 2. The predicted octanol–water partition coefficient (Wildman–Crippen LogP) is 2.08. The lowest BCUT2D eigenvalue weighted by atomic mass is 10.6. The van der Waals surface area contributed by atoms with Crippen molar-refractivity contribution in [1.29, 1.82) is 0 Å². The standard InChI is InChI=1S/C6H3BrF3N2O/c7-4-1-2-11-5(12-4)3-13-6(8,9)10/h2H,3H2. The van der Waals surface area contributed by atoms with E-state index in [1.807, 2.05) is 0 Å². The maximum Gasteiger partial charge on any atom is 0.522 e. The Morgan fingerprint density at radius 3 is 2.77 bits per heavy atom. The Morgan fingerprint density at radius 1 is 1.54 bits per heavy atom. The first-order valence-electron chi connectivity index (χ1n) is 3.07. The molecule has 13 heavy (non-hydrogen) atoms. The number of hydrogen-bond donors (Lipinski definition) is 0. The van der Waals surface area contributed by atoms with E-state index < -0.39 is 13.0 Å². The molecular formula is C6H3BrF3N2O. The minimum atomic E-state index is -4.66. The Kier molecular flexibility index (Phi) is 3.21. The van der Waals surface area contributed by atoms with Crippen LogP contribution in [0.1, 0.15) is 5.82 Å². The van der Waals surface area contributed by atoms with Crippen molar-refractivity contribution in [2.45, 2.75) is 13.0 Å². The summed E-state index contributed by atoms with van der Waals surface area (Å²) >= 11 is 2.94. The van der Waals surface area contributed by atoms with Crippen molar-refractivity contribution in [3.63, 3.8) is 0 Å². The molecule has 1 radical (unpaired) electrons. The second-order valence-electron chi connectivity index (χ2n) is 1.96. The lowest BCUT2D eigenvalue weighted by molar-refractivity contribution is -0.331. The van der Waals surface area contributed by atoms with Crippen molar-refractivity contribution < 1.29 is 17.9 Å². The van der Waals surface area contributed by atoms with E-state index in [1.54, 1.807) is 0 Å². The number of ether oxygens (including phenoxy) is 1. The Bertz CT molecular complexity index is 291. The summed E-state index contributed by atoms with van der Waals surface area (Å²) in [5, 5.41) is 0. The molecule has 0 aliphatic rings. The van der Waals surface area contributed by atoms with Gasteiger partial charge < -0.3 is 0 Å². The van der Waals surface area contributed by atoms with Gasteiger partial charge in [0.1, 0.15) is 11.2 Å². The fraction of sp³-hybridized carbons (Fsp3) is 0.333. The molecule has 1 rings (SSSR count). The molecule has 0 atom stereocenters. The zero-order valence-corrected chi connectivity index (χ0v) is 7.68.